The third-order valence-corrected chi connectivity index (χ3v) is 5.46. The Balaban J connectivity index is 1.43. The monoisotopic (exact) mass is 386 g/mol. The van der Waals surface area contributed by atoms with E-state index in [0.717, 1.165) is 24.4 Å². The van der Waals surface area contributed by atoms with Gasteiger partial charge in [-0.3, -0.25) is 4.79 Å². The molecular weight excluding hydrogens is 367 g/mol. The number of aromatic nitrogens is 3. The number of likely N-dealkylation sites (tertiary alicyclic amines) is 1. The van der Waals surface area contributed by atoms with Gasteiger partial charge < -0.3 is 9.42 Å². The smallest absolute Gasteiger partial charge is 0.273 e. The van der Waals surface area contributed by atoms with E-state index in [9.17, 15) is 9.18 Å². The maximum absolute atomic E-state index is 13.9. The molecular formula is C19H19FN4O2S. The fraction of sp³-hybridized carbons (Fsp3) is 0.368. The number of thiazole rings is 1. The summed E-state index contributed by atoms with van der Waals surface area (Å²) in [5.41, 5.74) is 0.838. The minimum atomic E-state index is -0.377. The zero-order valence-electron chi connectivity index (χ0n) is 14.9. The van der Waals surface area contributed by atoms with Crippen molar-refractivity contribution in [3.63, 3.8) is 0 Å². The van der Waals surface area contributed by atoms with E-state index in [1.807, 2.05) is 11.8 Å². The third kappa shape index (κ3) is 3.90. The number of nitrogens with zero attached hydrogens (tertiary/aromatic N) is 4. The minimum absolute atomic E-state index is 0.0263. The molecule has 4 rings (SSSR count). The van der Waals surface area contributed by atoms with Crippen LogP contribution < -0.4 is 0 Å². The van der Waals surface area contributed by atoms with Crippen molar-refractivity contribution in [2.45, 2.75) is 26.2 Å². The standard InChI is InChI=1S/C19H19FN4O2S/c1-12-21-16(11-27-12)19(25)24-8-4-5-13(10-24)9-17-22-18(23-26-17)14-6-2-3-7-15(14)20/h2-3,6-7,11,13H,4-5,8-10H2,1H3/t13-/m1/s1. The molecule has 1 aromatic carbocycles. The second-order valence-corrected chi connectivity index (χ2v) is 7.77. The van der Waals surface area contributed by atoms with Gasteiger partial charge in [0.1, 0.15) is 11.5 Å². The topological polar surface area (TPSA) is 72.1 Å². The van der Waals surface area contributed by atoms with Crippen LogP contribution in [0.3, 0.4) is 0 Å². The van der Waals surface area contributed by atoms with Gasteiger partial charge in [0.25, 0.3) is 5.91 Å². The number of piperidine rings is 1. The van der Waals surface area contributed by atoms with Gasteiger partial charge >= 0.3 is 0 Å². The van der Waals surface area contributed by atoms with Gasteiger partial charge in [0.05, 0.1) is 10.6 Å². The highest BCUT2D eigenvalue weighted by Gasteiger charge is 2.27. The molecule has 0 bridgehead atoms. The van der Waals surface area contributed by atoms with Gasteiger partial charge in [-0.25, -0.2) is 9.37 Å². The number of halogens is 1. The first-order chi connectivity index (χ1) is 13.1. The summed E-state index contributed by atoms with van der Waals surface area (Å²) in [6, 6.07) is 6.35. The molecule has 140 valence electrons. The van der Waals surface area contributed by atoms with Crippen molar-refractivity contribution < 1.29 is 13.7 Å². The van der Waals surface area contributed by atoms with Gasteiger partial charge in [0.15, 0.2) is 0 Å². The lowest BCUT2D eigenvalue weighted by Gasteiger charge is -2.31. The van der Waals surface area contributed by atoms with Crippen molar-refractivity contribution in [1.29, 1.82) is 0 Å². The van der Waals surface area contributed by atoms with Crippen molar-refractivity contribution in [1.82, 2.24) is 20.0 Å². The average molecular weight is 386 g/mol. The van der Waals surface area contributed by atoms with Gasteiger partial charge in [-0.1, -0.05) is 17.3 Å². The molecule has 3 aromatic rings. The van der Waals surface area contributed by atoms with Gasteiger partial charge in [0.2, 0.25) is 11.7 Å². The number of hydrogen-bond donors (Lipinski definition) is 0. The number of aryl methyl sites for hydroxylation is 1. The average Bonchev–Trinajstić information content (AvgIpc) is 3.31. The van der Waals surface area contributed by atoms with Crippen LogP contribution >= 0.6 is 11.3 Å². The van der Waals surface area contributed by atoms with Crippen LogP contribution in [-0.4, -0.2) is 39.0 Å². The van der Waals surface area contributed by atoms with E-state index < -0.39 is 0 Å². The Morgan fingerprint density at radius 1 is 1.37 bits per heavy atom. The predicted octanol–water partition coefficient (Wildman–Crippen LogP) is 3.74. The first-order valence-electron chi connectivity index (χ1n) is 8.89. The lowest BCUT2D eigenvalue weighted by molar-refractivity contribution is 0.0663. The molecule has 0 N–H and O–H groups in total. The molecule has 8 heteroatoms. The number of carbonyl (C=O) groups is 1. The van der Waals surface area contributed by atoms with E-state index >= 15 is 0 Å². The van der Waals surface area contributed by atoms with Crippen LogP contribution in [0.1, 0.15) is 34.2 Å². The van der Waals surface area contributed by atoms with E-state index in [1.165, 1.54) is 17.4 Å². The number of amides is 1. The zero-order valence-corrected chi connectivity index (χ0v) is 15.7. The van der Waals surface area contributed by atoms with Crippen molar-refractivity contribution in [2.75, 3.05) is 13.1 Å². The second-order valence-electron chi connectivity index (χ2n) is 6.71. The molecule has 0 spiro atoms. The van der Waals surface area contributed by atoms with Gasteiger partial charge in [-0.05, 0) is 37.8 Å². The lowest BCUT2D eigenvalue weighted by atomic mass is 9.94. The van der Waals surface area contributed by atoms with Crippen molar-refractivity contribution in [3.8, 4) is 11.4 Å². The Kier molecular flexibility index (Phi) is 4.98. The van der Waals surface area contributed by atoms with E-state index in [-0.39, 0.29) is 23.5 Å². The molecule has 1 atom stereocenters. The van der Waals surface area contributed by atoms with Crippen molar-refractivity contribution >= 4 is 17.2 Å². The summed E-state index contributed by atoms with van der Waals surface area (Å²) in [4.78, 5) is 23.1. The quantitative estimate of drug-likeness (QED) is 0.683. The highest BCUT2D eigenvalue weighted by molar-refractivity contribution is 7.09. The van der Waals surface area contributed by atoms with Crippen molar-refractivity contribution in [3.05, 3.63) is 52.1 Å². The molecule has 1 saturated heterocycles. The van der Waals surface area contributed by atoms with Crippen molar-refractivity contribution in [2.24, 2.45) is 5.92 Å². The molecule has 1 aliphatic rings. The lowest BCUT2D eigenvalue weighted by Crippen LogP contribution is -2.40. The largest absolute Gasteiger partial charge is 0.339 e. The van der Waals surface area contributed by atoms with Crippen LogP contribution in [0.4, 0.5) is 4.39 Å². The molecule has 0 aliphatic carbocycles. The molecule has 27 heavy (non-hydrogen) atoms. The molecule has 0 unspecified atom stereocenters. The molecule has 0 saturated carbocycles. The number of benzene rings is 1. The summed E-state index contributed by atoms with van der Waals surface area (Å²) >= 11 is 1.48. The summed E-state index contributed by atoms with van der Waals surface area (Å²) < 4.78 is 19.2. The Morgan fingerprint density at radius 3 is 3.00 bits per heavy atom. The molecule has 1 amide bonds. The second kappa shape index (κ2) is 7.56. The Morgan fingerprint density at radius 2 is 2.22 bits per heavy atom. The first-order valence-corrected chi connectivity index (χ1v) is 9.77. The van der Waals surface area contributed by atoms with Gasteiger partial charge in [-0.2, -0.15) is 4.98 Å². The van der Waals surface area contributed by atoms with Crippen LogP contribution in [0.15, 0.2) is 34.2 Å². The van der Waals surface area contributed by atoms with Crippen LogP contribution in [0.2, 0.25) is 0 Å². The van der Waals surface area contributed by atoms with E-state index in [1.54, 1.807) is 23.6 Å². The Bertz CT molecular complexity index is 955. The zero-order chi connectivity index (χ0) is 18.8. The number of rotatable bonds is 4. The van der Waals surface area contributed by atoms with Crippen LogP contribution in [0.25, 0.3) is 11.4 Å². The van der Waals surface area contributed by atoms with Gasteiger partial charge in [-0.15, -0.1) is 11.3 Å². The summed E-state index contributed by atoms with van der Waals surface area (Å²) in [6.07, 6.45) is 2.48. The molecule has 6 nitrogen and oxygen atoms in total. The third-order valence-electron chi connectivity index (χ3n) is 4.69. The first kappa shape index (κ1) is 17.8. The predicted molar refractivity (Wildman–Crippen MR) is 98.9 cm³/mol. The highest BCUT2D eigenvalue weighted by atomic mass is 32.1. The fourth-order valence-corrected chi connectivity index (χ4v) is 3.96. The number of hydrogen-bond acceptors (Lipinski definition) is 6. The Labute approximate surface area is 160 Å². The van der Waals surface area contributed by atoms with Gasteiger partial charge in [0, 0.05) is 24.9 Å². The van der Waals surface area contributed by atoms with E-state index in [4.69, 9.17) is 4.52 Å². The molecule has 2 aromatic heterocycles. The Hall–Kier alpha value is -2.61. The fourth-order valence-electron chi connectivity index (χ4n) is 3.38. The summed E-state index contributed by atoms with van der Waals surface area (Å²) in [5.74, 6) is 0.553. The summed E-state index contributed by atoms with van der Waals surface area (Å²) in [6.45, 7) is 3.26. The highest BCUT2D eigenvalue weighted by Crippen LogP contribution is 2.24. The summed E-state index contributed by atoms with van der Waals surface area (Å²) in [7, 11) is 0. The summed E-state index contributed by atoms with van der Waals surface area (Å²) in [5, 5.41) is 6.59. The number of carbonyl (C=O) groups excluding carboxylic acids is 1. The molecule has 3 heterocycles. The molecule has 0 radical (unpaired) electrons. The molecule has 1 aliphatic heterocycles. The maximum Gasteiger partial charge on any atom is 0.273 e. The van der Waals surface area contributed by atoms with Crippen LogP contribution in [-0.2, 0) is 6.42 Å². The van der Waals surface area contributed by atoms with Crippen LogP contribution in [0, 0.1) is 18.7 Å². The van der Waals surface area contributed by atoms with Crippen LogP contribution in [0.5, 0.6) is 0 Å². The SMILES string of the molecule is Cc1nc(C(=O)N2CCC[C@H](Cc3nc(-c4ccccc4F)no3)C2)cs1. The minimum Gasteiger partial charge on any atom is -0.339 e. The van der Waals surface area contributed by atoms with E-state index in [0.29, 0.717) is 30.1 Å². The van der Waals surface area contributed by atoms with E-state index in [2.05, 4.69) is 15.1 Å². The normalized spacial score (nSPS) is 17.3. The molecule has 1 fully saturated rings. The maximum atomic E-state index is 13.9.